The van der Waals surface area contributed by atoms with Crippen LogP contribution in [-0.4, -0.2) is 62.3 Å². The van der Waals surface area contributed by atoms with Gasteiger partial charge in [0.25, 0.3) is 0 Å². The maximum Gasteiger partial charge on any atom is 0.223 e. The molecule has 2 aromatic rings. The molecule has 4 nitrogen and oxygen atoms in total. The molecule has 0 N–H and O–H groups in total. The highest BCUT2D eigenvalue weighted by atomic mass is 16.7. The molecule has 5 rings (SSSR count). The van der Waals surface area contributed by atoms with E-state index >= 15 is 0 Å². The minimum atomic E-state index is -0.749. The Morgan fingerprint density at radius 1 is 0.889 bits per heavy atom. The van der Waals surface area contributed by atoms with Crippen molar-refractivity contribution in [3.05, 3.63) is 70.8 Å². The molecule has 142 valence electrons. The van der Waals surface area contributed by atoms with Crippen molar-refractivity contribution in [1.82, 2.24) is 9.80 Å². The minimum absolute atomic E-state index is 0.104. The number of ether oxygens (including phenoxy) is 2. The van der Waals surface area contributed by atoms with Gasteiger partial charge in [-0.3, -0.25) is 4.90 Å². The molecule has 1 spiro atoms. The zero-order valence-electron chi connectivity index (χ0n) is 16.1. The summed E-state index contributed by atoms with van der Waals surface area (Å²) in [7, 11) is 2.20. The Morgan fingerprint density at radius 3 is 2.11 bits per heavy atom. The maximum absolute atomic E-state index is 6.77. The molecule has 2 heterocycles. The van der Waals surface area contributed by atoms with Gasteiger partial charge in [-0.05, 0) is 31.0 Å². The van der Waals surface area contributed by atoms with E-state index in [1.807, 2.05) is 0 Å². The van der Waals surface area contributed by atoms with Crippen LogP contribution in [0.25, 0.3) is 0 Å². The Balaban J connectivity index is 1.47. The third-order valence-corrected chi connectivity index (χ3v) is 6.27. The van der Waals surface area contributed by atoms with Gasteiger partial charge in [0.1, 0.15) is 0 Å². The number of hydrogen-bond donors (Lipinski definition) is 0. The molecular weight excluding hydrogens is 336 g/mol. The molecule has 0 aromatic heterocycles. The van der Waals surface area contributed by atoms with Crippen LogP contribution in [-0.2, 0) is 28.1 Å². The van der Waals surface area contributed by atoms with Crippen LogP contribution in [0.1, 0.15) is 22.3 Å². The van der Waals surface area contributed by atoms with Gasteiger partial charge in [0, 0.05) is 43.9 Å². The highest BCUT2D eigenvalue weighted by Crippen LogP contribution is 2.45. The van der Waals surface area contributed by atoms with E-state index in [0.717, 1.165) is 45.6 Å². The van der Waals surface area contributed by atoms with E-state index in [1.54, 1.807) is 0 Å². The number of benzene rings is 2. The zero-order chi connectivity index (χ0) is 18.3. The molecule has 0 saturated carbocycles. The molecule has 2 saturated heterocycles. The van der Waals surface area contributed by atoms with E-state index < -0.39 is 5.79 Å². The number of nitrogens with zero attached hydrogens (tertiary/aromatic N) is 2. The van der Waals surface area contributed by atoms with Gasteiger partial charge >= 0.3 is 0 Å². The number of likely N-dealkylation sites (N-methyl/N-ethyl adjacent to an activating group) is 1. The molecule has 1 atom stereocenters. The van der Waals surface area contributed by atoms with E-state index in [0.29, 0.717) is 6.61 Å². The lowest BCUT2D eigenvalue weighted by atomic mass is 9.93. The first-order valence-electron chi connectivity index (χ1n) is 10.1. The summed E-state index contributed by atoms with van der Waals surface area (Å²) in [5.41, 5.74) is 5.06. The van der Waals surface area contributed by atoms with Gasteiger partial charge in [-0.25, -0.2) is 0 Å². The van der Waals surface area contributed by atoms with Gasteiger partial charge in [-0.15, -0.1) is 0 Å². The summed E-state index contributed by atoms with van der Waals surface area (Å²) in [6.07, 6.45) is 2.17. The SMILES string of the molecule is CN1CCN(CC2COC3(O2)c2ccccc2CCc2ccccc23)CC1. The number of hydrogen-bond acceptors (Lipinski definition) is 4. The van der Waals surface area contributed by atoms with Crippen molar-refractivity contribution in [2.24, 2.45) is 0 Å². The van der Waals surface area contributed by atoms with Gasteiger partial charge in [0.05, 0.1) is 12.7 Å². The van der Waals surface area contributed by atoms with Gasteiger partial charge < -0.3 is 14.4 Å². The normalized spacial score (nSPS) is 25.1. The summed E-state index contributed by atoms with van der Waals surface area (Å²) in [4.78, 5) is 4.91. The monoisotopic (exact) mass is 364 g/mol. The van der Waals surface area contributed by atoms with Crippen LogP contribution in [0.15, 0.2) is 48.5 Å². The summed E-state index contributed by atoms with van der Waals surface area (Å²) >= 11 is 0. The van der Waals surface area contributed by atoms with Crippen molar-refractivity contribution in [3.63, 3.8) is 0 Å². The Hall–Kier alpha value is -1.72. The van der Waals surface area contributed by atoms with Gasteiger partial charge in [0.15, 0.2) is 0 Å². The quantitative estimate of drug-likeness (QED) is 0.818. The molecule has 27 heavy (non-hydrogen) atoms. The maximum atomic E-state index is 6.77. The third kappa shape index (κ3) is 3.11. The van der Waals surface area contributed by atoms with Crippen LogP contribution in [0.4, 0.5) is 0 Å². The highest BCUT2D eigenvalue weighted by Gasteiger charge is 2.48. The van der Waals surface area contributed by atoms with E-state index in [1.165, 1.54) is 22.3 Å². The highest BCUT2D eigenvalue weighted by molar-refractivity contribution is 5.46. The van der Waals surface area contributed by atoms with Gasteiger partial charge in [-0.2, -0.15) is 0 Å². The molecule has 3 aliphatic rings. The Kier molecular flexibility index (Phi) is 4.52. The van der Waals surface area contributed by atoms with Crippen molar-refractivity contribution in [3.8, 4) is 0 Å². The number of piperazine rings is 1. The van der Waals surface area contributed by atoms with Crippen molar-refractivity contribution < 1.29 is 9.47 Å². The smallest absolute Gasteiger partial charge is 0.223 e. The van der Waals surface area contributed by atoms with Crippen molar-refractivity contribution in [2.75, 3.05) is 46.4 Å². The van der Waals surface area contributed by atoms with E-state index in [2.05, 4.69) is 65.4 Å². The lowest BCUT2D eigenvalue weighted by Gasteiger charge is -2.34. The summed E-state index contributed by atoms with van der Waals surface area (Å²) in [5, 5.41) is 0. The second-order valence-corrected chi connectivity index (χ2v) is 8.09. The van der Waals surface area contributed by atoms with E-state index in [-0.39, 0.29) is 6.10 Å². The summed E-state index contributed by atoms with van der Waals surface area (Å²) in [6, 6.07) is 17.3. The average Bonchev–Trinajstić information content (AvgIpc) is 3.07. The van der Waals surface area contributed by atoms with Gasteiger partial charge in [-0.1, -0.05) is 48.5 Å². The van der Waals surface area contributed by atoms with E-state index in [9.17, 15) is 0 Å². The van der Waals surface area contributed by atoms with Crippen LogP contribution in [0.3, 0.4) is 0 Å². The number of aryl methyl sites for hydroxylation is 2. The Morgan fingerprint density at radius 2 is 1.48 bits per heavy atom. The third-order valence-electron chi connectivity index (χ3n) is 6.27. The van der Waals surface area contributed by atoms with Crippen molar-refractivity contribution in [2.45, 2.75) is 24.7 Å². The summed E-state index contributed by atoms with van der Waals surface area (Å²) < 4.78 is 13.3. The van der Waals surface area contributed by atoms with Crippen LogP contribution >= 0.6 is 0 Å². The number of fused-ring (bicyclic) bond motifs is 4. The average molecular weight is 364 g/mol. The Bertz CT molecular complexity index is 766. The van der Waals surface area contributed by atoms with E-state index in [4.69, 9.17) is 9.47 Å². The lowest BCUT2D eigenvalue weighted by Crippen LogP contribution is -2.47. The van der Waals surface area contributed by atoms with Gasteiger partial charge in [0.2, 0.25) is 5.79 Å². The summed E-state index contributed by atoms with van der Waals surface area (Å²) in [5.74, 6) is -0.749. The predicted molar refractivity (Wildman–Crippen MR) is 106 cm³/mol. The first-order valence-corrected chi connectivity index (χ1v) is 10.1. The second kappa shape index (κ2) is 7.02. The second-order valence-electron chi connectivity index (χ2n) is 8.09. The number of rotatable bonds is 2. The fourth-order valence-electron chi connectivity index (χ4n) is 4.74. The van der Waals surface area contributed by atoms with Crippen LogP contribution in [0, 0.1) is 0 Å². The molecule has 2 fully saturated rings. The minimum Gasteiger partial charge on any atom is -0.339 e. The fourth-order valence-corrected chi connectivity index (χ4v) is 4.74. The zero-order valence-corrected chi connectivity index (χ0v) is 16.1. The largest absolute Gasteiger partial charge is 0.339 e. The molecule has 1 aliphatic carbocycles. The standard InChI is InChI=1S/C23H28N2O2/c1-24-12-14-25(15-13-24)16-20-17-26-23(27-20)21-8-4-2-6-18(21)10-11-19-7-3-5-9-22(19)23/h2-9,20H,10-17H2,1H3. The Labute approximate surface area is 161 Å². The van der Waals surface area contributed by atoms with Crippen LogP contribution in [0.2, 0.25) is 0 Å². The van der Waals surface area contributed by atoms with Crippen molar-refractivity contribution in [1.29, 1.82) is 0 Å². The van der Waals surface area contributed by atoms with Crippen LogP contribution in [0.5, 0.6) is 0 Å². The molecule has 4 heteroatoms. The molecule has 0 bridgehead atoms. The molecule has 0 radical (unpaired) electrons. The predicted octanol–water partition coefficient (Wildman–Crippen LogP) is 2.65. The lowest BCUT2D eigenvalue weighted by molar-refractivity contribution is -0.145. The van der Waals surface area contributed by atoms with Crippen molar-refractivity contribution >= 4 is 0 Å². The first kappa shape index (κ1) is 17.4. The summed E-state index contributed by atoms with van der Waals surface area (Å²) in [6.45, 7) is 6.07. The fraction of sp³-hybridized carbons (Fsp3) is 0.478. The topological polar surface area (TPSA) is 24.9 Å². The first-order chi connectivity index (χ1) is 13.2. The molecule has 2 aliphatic heterocycles. The molecule has 1 unspecified atom stereocenters. The molecular formula is C23H28N2O2. The molecule has 2 aromatic carbocycles. The van der Waals surface area contributed by atoms with Crippen LogP contribution < -0.4 is 0 Å². The molecule has 0 amide bonds.